The molecule has 0 aliphatic heterocycles. The Labute approximate surface area is 104 Å². The van der Waals surface area contributed by atoms with Gasteiger partial charge in [-0.25, -0.2) is 0 Å². The summed E-state index contributed by atoms with van der Waals surface area (Å²) in [4.78, 5) is 5.66. The Bertz CT molecular complexity index is 574. The molecule has 0 fully saturated rings. The molecular weight excluding hydrogens is 232 g/mol. The number of aromatic nitrogens is 1. The molecule has 1 heterocycles. The number of benzene rings is 1. The summed E-state index contributed by atoms with van der Waals surface area (Å²) in [6.07, 6.45) is 0.139. The van der Waals surface area contributed by atoms with E-state index in [4.69, 9.17) is 5.53 Å². The van der Waals surface area contributed by atoms with Crippen LogP contribution in [0.1, 0.15) is 18.1 Å². The zero-order valence-electron chi connectivity index (χ0n) is 9.69. The van der Waals surface area contributed by atoms with Gasteiger partial charge in [0.15, 0.2) is 0 Å². The molecule has 2 rings (SSSR count). The summed E-state index contributed by atoms with van der Waals surface area (Å²) in [7, 11) is 0. The fourth-order valence-electron chi connectivity index (χ4n) is 1.87. The number of hydrogen-bond acceptors (Lipinski definition) is 3. The van der Waals surface area contributed by atoms with Crippen LogP contribution in [0.4, 0.5) is 0 Å². The highest BCUT2D eigenvalue weighted by molar-refractivity contribution is 5.80. The zero-order chi connectivity index (χ0) is 13.0. The lowest BCUT2D eigenvalue weighted by atomic mass is 10.0. The predicted molar refractivity (Wildman–Crippen MR) is 67.9 cm³/mol. The van der Waals surface area contributed by atoms with E-state index in [-0.39, 0.29) is 13.0 Å². The molecule has 3 N–H and O–H groups in total. The van der Waals surface area contributed by atoms with E-state index < -0.39 is 12.2 Å². The molecule has 0 aliphatic rings. The van der Waals surface area contributed by atoms with Crippen molar-refractivity contribution in [2.45, 2.75) is 18.6 Å². The van der Waals surface area contributed by atoms with Gasteiger partial charge in [0.05, 0.1) is 6.10 Å². The average molecular weight is 246 g/mol. The first-order chi connectivity index (χ1) is 8.72. The van der Waals surface area contributed by atoms with Crippen LogP contribution in [0.5, 0.6) is 0 Å². The summed E-state index contributed by atoms with van der Waals surface area (Å²) in [5.74, 6) is 0. The SMILES string of the molecule is [N-]=[N+]=NCCC(O)C(O)c1ccc2[nH]ccc2c1. The number of nitrogens with one attached hydrogen (secondary N) is 1. The second-order valence-corrected chi connectivity index (χ2v) is 4.08. The van der Waals surface area contributed by atoms with Gasteiger partial charge in [0, 0.05) is 23.2 Å². The second-order valence-electron chi connectivity index (χ2n) is 4.08. The number of nitrogens with zero attached hydrogens (tertiary/aromatic N) is 3. The summed E-state index contributed by atoms with van der Waals surface area (Å²) >= 11 is 0. The Hall–Kier alpha value is -2.01. The molecule has 2 aromatic rings. The molecule has 2 atom stereocenters. The van der Waals surface area contributed by atoms with Gasteiger partial charge in [0.1, 0.15) is 6.10 Å². The van der Waals surface area contributed by atoms with Gasteiger partial charge in [0.2, 0.25) is 0 Å². The van der Waals surface area contributed by atoms with E-state index in [1.807, 2.05) is 24.4 Å². The monoisotopic (exact) mass is 246 g/mol. The third-order valence-electron chi connectivity index (χ3n) is 2.87. The number of rotatable bonds is 5. The Kier molecular flexibility index (Phi) is 3.84. The minimum atomic E-state index is -0.974. The second kappa shape index (κ2) is 5.55. The van der Waals surface area contributed by atoms with Gasteiger partial charge in [-0.15, -0.1) is 0 Å². The Morgan fingerprint density at radius 2 is 2.17 bits per heavy atom. The maximum Gasteiger partial charge on any atom is 0.105 e. The Morgan fingerprint density at radius 1 is 1.33 bits per heavy atom. The van der Waals surface area contributed by atoms with Crippen molar-refractivity contribution < 1.29 is 10.2 Å². The molecule has 0 radical (unpaired) electrons. The first kappa shape index (κ1) is 12.4. The standard InChI is InChI=1S/C12H14N4O2/c13-16-15-6-4-11(17)12(18)9-1-2-10-8(7-9)3-5-14-10/h1-3,5,7,11-12,14,17-18H,4,6H2. The van der Waals surface area contributed by atoms with Gasteiger partial charge in [-0.05, 0) is 41.1 Å². The fraction of sp³-hybridized carbons (Fsp3) is 0.333. The molecule has 18 heavy (non-hydrogen) atoms. The molecule has 0 amide bonds. The van der Waals surface area contributed by atoms with Crippen LogP contribution in [0.15, 0.2) is 35.6 Å². The number of H-pyrrole nitrogens is 1. The molecule has 94 valence electrons. The van der Waals surface area contributed by atoms with Crippen molar-refractivity contribution in [3.8, 4) is 0 Å². The van der Waals surface area contributed by atoms with Gasteiger partial charge in [-0.1, -0.05) is 11.2 Å². The number of azide groups is 1. The first-order valence-corrected chi connectivity index (χ1v) is 5.66. The molecule has 0 bridgehead atoms. The van der Waals surface area contributed by atoms with Crippen molar-refractivity contribution in [1.82, 2.24) is 4.98 Å². The molecule has 6 nitrogen and oxygen atoms in total. The number of aromatic amines is 1. The van der Waals surface area contributed by atoms with Gasteiger partial charge in [-0.2, -0.15) is 0 Å². The van der Waals surface area contributed by atoms with Gasteiger partial charge in [-0.3, -0.25) is 0 Å². The normalized spacial score (nSPS) is 14.1. The van der Waals surface area contributed by atoms with Crippen LogP contribution in [-0.4, -0.2) is 27.8 Å². The number of aliphatic hydroxyl groups excluding tert-OH is 2. The van der Waals surface area contributed by atoms with E-state index >= 15 is 0 Å². The number of hydrogen-bond donors (Lipinski definition) is 3. The summed E-state index contributed by atoms with van der Waals surface area (Å²) in [5, 5.41) is 24.1. The predicted octanol–water partition coefficient (Wildman–Crippen LogP) is 2.26. The van der Waals surface area contributed by atoms with Gasteiger partial charge in [0.25, 0.3) is 0 Å². The van der Waals surface area contributed by atoms with E-state index in [9.17, 15) is 10.2 Å². The Morgan fingerprint density at radius 3 is 2.94 bits per heavy atom. The highest BCUT2D eigenvalue weighted by atomic mass is 16.3. The third-order valence-corrected chi connectivity index (χ3v) is 2.87. The van der Waals surface area contributed by atoms with Crippen molar-refractivity contribution >= 4 is 10.9 Å². The summed E-state index contributed by atoms with van der Waals surface area (Å²) in [6.45, 7) is 0.168. The van der Waals surface area contributed by atoms with E-state index in [1.54, 1.807) is 6.07 Å². The van der Waals surface area contributed by atoms with Crippen LogP contribution >= 0.6 is 0 Å². The fourth-order valence-corrected chi connectivity index (χ4v) is 1.87. The topological polar surface area (TPSA) is 105 Å². The average Bonchev–Trinajstić information content (AvgIpc) is 2.85. The van der Waals surface area contributed by atoms with Crippen LogP contribution in [0.25, 0.3) is 21.3 Å². The molecule has 1 aromatic heterocycles. The lowest BCUT2D eigenvalue weighted by molar-refractivity contribution is 0.0151. The largest absolute Gasteiger partial charge is 0.390 e. The smallest absolute Gasteiger partial charge is 0.105 e. The van der Waals surface area contributed by atoms with Crippen molar-refractivity contribution in [2.24, 2.45) is 5.11 Å². The minimum Gasteiger partial charge on any atom is -0.390 e. The lowest BCUT2D eigenvalue weighted by Gasteiger charge is -2.17. The number of fused-ring (bicyclic) bond motifs is 1. The molecule has 0 saturated carbocycles. The van der Waals surface area contributed by atoms with E-state index in [2.05, 4.69) is 15.0 Å². The molecule has 0 aliphatic carbocycles. The van der Waals surface area contributed by atoms with Crippen LogP contribution in [0.2, 0.25) is 0 Å². The van der Waals surface area contributed by atoms with E-state index in [0.717, 1.165) is 10.9 Å². The number of aliphatic hydroxyl groups is 2. The molecule has 0 spiro atoms. The molecule has 2 unspecified atom stereocenters. The molecule has 0 saturated heterocycles. The molecule has 1 aromatic carbocycles. The van der Waals surface area contributed by atoms with Crippen LogP contribution in [-0.2, 0) is 0 Å². The lowest BCUT2D eigenvalue weighted by Crippen LogP contribution is -2.19. The quantitative estimate of drug-likeness (QED) is 0.427. The summed E-state index contributed by atoms with van der Waals surface area (Å²) in [6, 6.07) is 7.35. The minimum absolute atomic E-state index is 0.168. The maximum absolute atomic E-state index is 9.99. The molecular formula is C12H14N4O2. The van der Waals surface area contributed by atoms with Crippen LogP contribution < -0.4 is 0 Å². The van der Waals surface area contributed by atoms with Crippen LogP contribution in [0, 0.1) is 0 Å². The highest BCUT2D eigenvalue weighted by Gasteiger charge is 2.18. The van der Waals surface area contributed by atoms with Crippen LogP contribution in [0.3, 0.4) is 0 Å². The van der Waals surface area contributed by atoms with E-state index in [1.165, 1.54) is 0 Å². The first-order valence-electron chi connectivity index (χ1n) is 5.66. The third kappa shape index (κ3) is 2.62. The summed E-state index contributed by atoms with van der Waals surface area (Å²) in [5.41, 5.74) is 9.77. The molecule has 6 heteroatoms. The Balaban J connectivity index is 2.11. The van der Waals surface area contributed by atoms with Crippen molar-refractivity contribution in [3.05, 3.63) is 46.5 Å². The van der Waals surface area contributed by atoms with Crippen molar-refractivity contribution in [1.29, 1.82) is 0 Å². The van der Waals surface area contributed by atoms with Gasteiger partial charge >= 0.3 is 0 Å². The summed E-state index contributed by atoms with van der Waals surface area (Å²) < 4.78 is 0. The van der Waals surface area contributed by atoms with Crippen molar-refractivity contribution in [2.75, 3.05) is 6.54 Å². The highest BCUT2D eigenvalue weighted by Crippen LogP contribution is 2.23. The zero-order valence-corrected chi connectivity index (χ0v) is 9.69. The van der Waals surface area contributed by atoms with E-state index in [0.29, 0.717) is 5.56 Å². The maximum atomic E-state index is 9.99. The van der Waals surface area contributed by atoms with Gasteiger partial charge < -0.3 is 15.2 Å². The van der Waals surface area contributed by atoms with Crippen molar-refractivity contribution in [3.63, 3.8) is 0 Å².